The Bertz CT molecular complexity index is 717. The molecule has 112 valence electrons. The van der Waals surface area contributed by atoms with Crippen molar-refractivity contribution in [2.24, 2.45) is 5.92 Å². The number of nitrogens with zero attached hydrogens (tertiary/aromatic N) is 1. The summed E-state index contributed by atoms with van der Waals surface area (Å²) < 4.78 is 5.72. The normalized spacial score (nSPS) is 13.7. The highest BCUT2D eigenvalue weighted by Gasteiger charge is 2.23. The van der Waals surface area contributed by atoms with Crippen molar-refractivity contribution in [3.63, 3.8) is 0 Å². The van der Waals surface area contributed by atoms with Crippen LogP contribution in [0.25, 0.3) is 17.2 Å². The van der Waals surface area contributed by atoms with Gasteiger partial charge in [-0.15, -0.1) is 0 Å². The van der Waals surface area contributed by atoms with Gasteiger partial charge >= 0.3 is 0 Å². The van der Waals surface area contributed by atoms with Crippen molar-refractivity contribution in [1.82, 2.24) is 4.98 Å². The second kappa shape index (κ2) is 6.14. The van der Waals surface area contributed by atoms with Crippen LogP contribution in [0.4, 0.5) is 0 Å². The van der Waals surface area contributed by atoms with Crippen molar-refractivity contribution >= 4 is 11.9 Å². The Labute approximate surface area is 130 Å². The lowest BCUT2D eigenvalue weighted by atomic mass is 9.99. The van der Waals surface area contributed by atoms with E-state index in [-0.39, 0.29) is 5.78 Å². The highest BCUT2D eigenvalue weighted by Crippen LogP contribution is 2.31. The van der Waals surface area contributed by atoms with Crippen LogP contribution < -0.4 is 4.74 Å². The number of hydrogen-bond donors (Lipinski definition) is 0. The quantitative estimate of drug-likeness (QED) is 0.742. The molecule has 0 amide bonds. The van der Waals surface area contributed by atoms with Crippen molar-refractivity contribution < 1.29 is 9.53 Å². The number of benzene rings is 1. The van der Waals surface area contributed by atoms with Gasteiger partial charge in [0, 0.05) is 11.8 Å². The average molecular weight is 293 g/mol. The molecule has 0 N–H and O–H groups in total. The van der Waals surface area contributed by atoms with Crippen LogP contribution in [0.1, 0.15) is 35.7 Å². The first kappa shape index (κ1) is 14.5. The Kier molecular flexibility index (Phi) is 4.05. The molecule has 22 heavy (non-hydrogen) atoms. The van der Waals surface area contributed by atoms with Crippen LogP contribution in [-0.4, -0.2) is 17.4 Å². The van der Waals surface area contributed by atoms with Crippen LogP contribution in [0.3, 0.4) is 0 Å². The van der Waals surface area contributed by atoms with Crippen LogP contribution in [0.5, 0.6) is 5.88 Å². The molecule has 0 bridgehead atoms. The molecule has 1 saturated carbocycles. The third-order valence-corrected chi connectivity index (χ3v) is 3.87. The summed E-state index contributed by atoms with van der Waals surface area (Å²) in [5.41, 5.74) is 3.48. The molecule has 0 saturated heterocycles. The van der Waals surface area contributed by atoms with Crippen LogP contribution in [0.15, 0.2) is 43.1 Å². The van der Waals surface area contributed by atoms with Gasteiger partial charge in [-0.1, -0.05) is 36.9 Å². The van der Waals surface area contributed by atoms with E-state index in [0.29, 0.717) is 24.0 Å². The summed E-state index contributed by atoms with van der Waals surface area (Å²) in [7, 11) is 0. The molecule has 0 aliphatic heterocycles. The summed E-state index contributed by atoms with van der Waals surface area (Å²) in [6.45, 7) is 6.03. The lowest BCUT2D eigenvalue weighted by Gasteiger charge is -2.11. The minimum absolute atomic E-state index is 0.0313. The smallest absolute Gasteiger partial charge is 0.224 e. The molecule has 3 nitrogen and oxygen atoms in total. The standard InChI is InChI=1S/C19H19NO2/c1-3-15-6-4-5-7-17(15)16-10-18(13(2)21)19(20-11-16)22-12-14-8-9-14/h3-7,10-11,14H,1,8-9,12H2,2H3. The van der Waals surface area contributed by atoms with Crippen LogP contribution in [0.2, 0.25) is 0 Å². The summed E-state index contributed by atoms with van der Waals surface area (Å²) in [4.78, 5) is 16.3. The highest BCUT2D eigenvalue weighted by molar-refractivity contribution is 5.97. The number of carbonyl (C=O) groups excluding carboxylic acids is 1. The maximum absolute atomic E-state index is 11.9. The first-order valence-electron chi connectivity index (χ1n) is 7.54. The van der Waals surface area contributed by atoms with E-state index in [4.69, 9.17) is 4.74 Å². The number of Topliss-reactive ketones (excluding diaryl/α,β-unsaturated/α-hetero) is 1. The van der Waals surface area contributed by atoms with Gasteiger partial charge in [0.25, 0.3) is 0 Å². The lowest BCUT2D eigenvalue weighted by molar-refractivity contribution is 0.101. The van der Waals surface area contributed by atoms with Crippen molar-refractivity contribution in [3.05, 3.63) is 54.2 Å². The van der Waals surface area contributed by atoms with Crippen molar-refractivity contribution in [2.75, 3.05) is 6.61 Å². The Balaban J connectivity index is 1.97. The Morgan fingerprint density at radius 1 is 1.41 bits per heavy atom. The van der Waals surface area contributed by atoms with Crippen molar-refractivity contribution in [2.45, 2.75) is 19.8 Å². The molecule has 1 aliphatic carbocycles. The number of ketones is 1. The Hall–Kier alpha value is -2.42. The molecular formula is C19H19NO2. The lowest BCUT2D eigenvalue weighted by Crippen LogP contribution is -2.06. The maximum atomic E-state index is 11.9. The number of hydrogen-bond acceptors (Lipinski definition) is 3. The van der Waals surface area contributed by atoms with Crippen molar-refractivity contribution in [1.29, 1.82) is 0 Å². The van der Waals surface area contributed by atoms with Gasteiger partial charge in [-0.3, -0.25) is 4.79 Å². The second-order valence-electron chi connectivity index (χ2n) is 5.68. The van der Waals surface area contributed by atoms with Crippen LogP contribution in [0, 0.1) is 5.92 Å². The first-order valence-corrected chi connectivity index (χ1v) is 7.54. The molecule has 0 atom stereocenters. The van der Waals surface area contributed by atoms with E-state index >= 15 is 0 Å². The molecule has 0 radical (unpaired) electrons. The van der Waals surface area contributed by atoms with E-state index < -0.39 is 0 Å². The average Bonchev–Trinajstić information content (AvgIpc) is 3.37. The van der Waals surface area contributed by atoms with Crippen molar-refractivity contribution in [3.8, 4) is 17.0 Å². The zero-order valence-corrected chi connectivity index (χ0v) is 12.7. The fourth-order valence-electron chi connectivity index (χ4n) is 2.39. The number of rotatable bonds is 6. The Morgan fingerprint density at radius 3 is 2.86 bits per heavy atom. The van der Waals surface area contributed by atoms with E-state index in [0.717, 1.165) is 16.7 Å². The van der Waals surface area contributed by atoms with Gasteiger partial charge in [0.05, 0.1) is 12.2 Å². The highest BCUT2D eigenvalue weighted by atomic mass is 16.5. The van der Waals surface area contributed by atoms with Crippen LogP contribution in [-0.2, 0) is 0 Å². The summed E-state index contributed by atoms with van der Waals surface area (Å²) in [5.74, 6) is 1.04. The molecular weight excluding hydrogens is 274 g/mol. The molecule has 2 aromatic rings. The molecule has 3 heteroatoms. The fourth-order valence-corrected chi connectivity index (χ4v) is 2.39. The van der Waals surface area contributed by atoms with Gasteiger partial charge in [-0.05, 0) is 42.9 Å². The second-order valence-corrected chi connectivity index (χ2v) is 5.68. The minimum Gasteiger partial charge on any atom is -0.477 e. The largest absolute Gasteiger partial charge is 0.477 e. The van der Waals surface area contributed by atoms with Crippen LogP contribution >= 0.6 is 0 Å². The van der Waals surface area contributed by atoms with Gasteiger partial charge in [0.1, 0.15) is 0 Å². The van der Waals surface area contributed by atoms with Gasteiger partial charge in [0.2, 0.25) is 5.88 Å². The molecule has 1 heterocycles. The fraction of sp³-hybridized carbons (Fsp3) is 0.263. The third kappa shape index (κ3) is 3.08. The number of aromatic nitrogens is 1. The van der Waals surface area contributed by atoms with Gasteiger partial charge in [0.15, 0.2) is 5.78 Å². The zero-order valence-electron chi connectivity index (χ0n) is 12.7. The molecule has 1 aliphatic rings. The molecule has 1 aromatic carbocycles. The molecule has 3 rings (SSSR count). The van der Waals surface area contributed by atoms with Gasteiger partial charge in [-0.25, -0.2) is 4.98 Å². The van der Waals surface area contributed by atoms with E-state index in [2.05, 4.69) is 11.6 Å². The number of pyridine rings is 1. The molecule has 0 spiro atoms. The summed E-state index contributed by atoms with van der Waals surface area (Å²) >= 11 is 0. The molecule has 0 unspecified atom stereocenters. The maximum Gasteiger partial charge on any atom is 0.224 e. The minimum atomic E-state index is -0.0313. The first-order chi connectivity index (χ1) is 10.7. The predicted octanol–water partition coefficient (Wildman–Crippen LogP) is 4.38. The molecule has 1 aromatic heterocycles. The third-order valence-electron chi connectivity index (χ3n) is 3.87. The van der Waals surface area contributed by atoms with E-state index in [9.17, 15) is 4.79 Å². The van der Waals surface area contributed by atoms with E-state index in [1.54, 1.807) is 19.2 Å². The van der Waals surface area contributed by atoms with Gasteiger partial charge < -0.3 is 4.74 Å². The summed E-state index contributed by atoms with van der Waals surface area (Å²) in [6, 6.07) is 9.79. The van der Waals surface area contributed by atoms with E-state index in [1.807, 2.05) is 30.3 Å². The predicted molar refractivity (Wildman–Crippen MR) is 88.0 cm³/mol. The monoisotopic (exact) mass is 293 g/mol. The summed E-state index contributed by atoms with van der Waals surface area (Å²) in [5, 5.41) is 0. The number of carbonyl (C=O) groups is 1. The number of ether oxygens (including phenoxy) is 1. The molecule has 1 fully saturated rings. The zero-order chi connectivity index (χ0) is 15.5. The SMILES string of the molecule is C=Cc1ccccc1-c1cnc(OCC2CC2)c(C(C)=O)c1. The Morgan fingerprint density at radius 2 is 2.18 bits per heavy atom. The summed E-state index contributed by atoms with van der Waals surface area (Å²) in [6.07, 6.45) is 5.98. The topological polar surface area (TPSA) is 39.2 Å². The van der Waals surface area contributed by atoms with Gasteiger partial charge in [-0.2, -0.15) is 0 Å². The van der Waals surface area contributed by atoms with E-state index in [1.165, 1.54) is 12.8 Å².